The van der Waals surface area contributed by atoms with Gasteiger partial charge in [-0.15, -0.1) is 0 Å². The zero-order chi connectivity index (χ0) is 24.2. The van der Waals surface area contributed by atoms with Crippen molar-refractivity contribution in [2.45, 2.75) is 25.7 Å². The highest BCUT2D eigenvalue weighted by atomic mass is 32.2. The number of morpholine rings is 1. The first-order valence-electron chi connectivity index (χ1n) is 10.7. The number of nitrogens with one attached hydrogen (secondary N) is 1. The predicted molar refractivity (Wildman–Crippen MR) is 125 cm³/mol. The molecule has 1 N–H and O–H groups in total. The molecule has 178 valence electrons. The Bertz CT molecular complexity index is 1140. The van der Waals surface area contributed by atoms with E-state index in [1.165, 1.54) is 28.6 Å². The van der Waals surface area contributed by atoms with Gasteiger partial charge in [0.25, 0.3) is 11.6 Å². The molecule has 1 amide bonds. The van der Waals surface area contributed by atoms with Crippen LogP contribution in [0.25, 0.3) is 0 Å². The maximum atomic E-state index is 13.4. The highest BCUT2D eigenvalue weighted by molar-refractivity contribution is 7.89. The van der Waals surface area contributed by atoms with Crippen LogP contribution in [0.5, 0.6) is 0 Å². The number of benzene rings is 2. The molecule has 2 aromatic carbocycles. The molecule has 1 saturated heterocycles. The summed E-state index contributed by atoms with van der Waals surface area (Å²) in [6.45, 7) is 7.93. The highest BCUT2D eigenvalue weighted by Crippen LogP contribution is 2.29. The Balaban J connectivity index is 2.06. The van der Waals surface area contributed by atoms with Gasteiger partial charge in [-0.3, -0.25) is 14.9 Å². The van der Waals surface area contributed by atoms with E-state index in [0.717, 1.165) is 0 Å². The first-order chi connectivity index (χ1) is 15.7. The van der Waals surface area contributed by atoms with Gasteiger partial charge in [-0.25, -0.2) is 8.42 Å². The van der Waals surface area contributed by atoms with Crippen molar-refractivity contribution in [3.63, 3.8) is 0 Å². The summed E-state index contributed by atoms with van der Waals surface area (Å²) in [6, 6.07) is 8.72. The van der Waals surface area contributed by atoms with Crippen molar-refractivity contribution in [2.24, 2.45) is 0 Å². The van der Waals surface area contributed by atoms with Gasteiger partial charge in [-0.2, -0.15) is 4.31 Å². The van der Waals surface area contributed by atoms with Crippen LogP contribution in [0.15, 0.2) is 41.3 Å². The highest BCUT2D eigenvalue weighted by Gasteiger charge is 2.26. The van der Waals surface area contributed by atoms with Crippen molar-refractivity contribution >= 4 is 33.0 Å². The topological polar surface area (TPSA) is 122 Å². The number of nitrogens with zero attached hydrogens (tertiary/aromatic N) is 3. The summed E-state index contributed by atoms with van der Waals surface area (Å²) in [6.07, 6.45) is 0. The number of amides is 1. The van der Waals surface area contributed by atoms with E-state index in [4.69, 9.17) is 4.74 Å². The molecule has 1 aliphatic rings. The number of rotatable bonds is 8. The lowest BCUT2D eigenvalue weighted by Gasteiger charge is -2.31. The van der Waals surface area contributed by atoms with E-state index in [1.54, 1.807) is 32.9 Å². The number of carbonyl (C=O) groups is 1. The van der Waals surface area contributed by atoms with Gasteiger partial charge < -0.3 is 15.0 Å². The largest absolute Gasteiger partial charge is 0.378 e. The maximum absolute atomic E-state index is 13.4. The summed E-state index contributed by atoms with van der Waals surface area (Å²) < 4.78 is 32.9. The second-order valence-corrected chi connectivity index (χ2v) is 9.52. The molecule has 1 heterocycles. The molecule has 1 aliphatic heterocycles. The van der Waals surface area contributed by atoms with E-state index in [9.17, 15) is 23.3 Å². The van der Waals surface area contributed by atoms with Gasteiger partial charge >= 0.3 is 0 Å². The van der Waals surface area contributed by atoms with E-state index >= 15 is 0 Å². The lowest BCUT2D eigenvalue weighted by atomic mass is 10.1. The van der Waals surface area contributed by atoms with E-state index in [2.05, 4.69) is 5.32 Å². The van der Waals surface area contributed by atoms with Crippen LogP contribution < -0.4 is 10.2 Å². The number of hydrogen-bond donors (Lipinski definition) is 1. The Morgan fingerprint density at radius 3 is 2.42 bits per heavy atom. The number of aryl methyl sites for hydroxylation is 1. The summed E-state index contributed by atoms with van der Waals surface area (Å²) in [4.78, 5) is 26.0. The van der Waals surface area contributed by atoms with Gasteiger partial charge in [0.15, 0.2) is 0 Å². The maximum Gasteiger partial charge on any atom is 0.271 e. The SMILES string of the molecule is CCN(CC)S(=O)(=O)c1ccc(N2CCOCC2)c(C(=O)Nc2cc([N+](=O)[O-])ccc2C)c1. The Hall–Kier alpha value is -3.02. The van der Waals surface area contributed by atoms with Crippen LogP contribution in [0.4, 0.5) is 17.1 Å². The van der Waals surface area contributed by atoms with Crippen LogP contribution in [0, 0.1) is 17.0 Å². The fourth-order valence-electron chi connectivity index (χ4n) is 3.70. The first-order valence-corrected chi connectivity index (χ1v) is 12.2. The molecule has 0 radical (unpaired) electrons. The van der Waals surface area contributed by atoms with Gasteiger partial charge in [0.1, 0.15) is 0 Å². The Morgan fingerprint density at radius 2 is 1.82 bits per heavy atom. The van der Waals surface area contributed by atoms with Crippen molar-refractivity contribution in [1.82, 2.24) is 4.31 Å². The number of non-ortho nitro benzene ring substituents is 1. The zero-order valence-corrected chi connectivity index (χ0v) is 19.7. The standard InChI is InChI=1S/C22H28N4O6S/c1-4-25(5-2)33(30,31)18-8-9-21(24-10-12-32-13-11-24)19(15-18)22(27)23-20-14-17(26(28)29)7-6-16(20)3/h6-9,14-15H,4-5,10-13H2,1-3H3,(H,23,27). The Kier molecular flexibility index (Phi) is 7.67. The first kappa shape index (κ1) is 24.6. The third kappa shape index (κ3) is 5.32. The molecule has 11 heteroatoms. The molecule has 3 rings (SSSR count). The number of nitro benzene ring substituents is 1. The van der Waals surface area contributed by atoms with Crippen LogP contribution in [-0.4, -0.2) is 62.9 Å². The van der Waals surface area contributed by atoms with Crippen LogP contribution in [-0.2, 0) is 14.8 Å². The summed E-state index contributed by atoms with van der Waals surface area (Å²) in [5, 5.41) is 13.9. The number of nitro groups is 1. The van der Waals surface area contributed by atoms with Gasteiger partial charge in [0, 0.05) is 44.0 Å². The van der Waals surface area contributed by atoms with Crippen LogP contribution in [0.3, 0.4) is 0 Å². The fourth-order valence-corrected chi connectivity index (χ4v) is 5.18. The zero-order valence-electron chi connectivity index (χ0n) is 18.9. The van der Waals surface area contributed by atoms with Gasteiger partial charge in [-0.05, 0) is 30.7 Å². The summed E-state index contributed by atoms with van der Waals surface area (Å²) in [5.41, 5.74) is 1.54. The van der Waals surface area contributed by atoms with E-state index in [-0.39, 0.29) is 16.1 Å². The molecule has 2 aromatic rings. The number of ether oxygens (including phenoxy) is 1. The van der Waals surface area contributed by atoms with Crippen molar-refractivity contribution in [2.75, 3.05) is 49.6 Å². The van der Waals surface area contributed by atoms with Crippen molar-refractivity contribution in [3.8, 4) is 0 Å². The van der Waals surface area contributed by atoms with E-state index < -0.39 is 20.9 Å². The number of anilines is 2. The minimum atomic E-state index is -3.78. The van der Waals surface area contributed by atoms with E-state index in [1.807, 2.05) is 4.90 Å². The molecule has 0 unspecified atom stereocenters. The van der Waals surface area contributed by atoms with Gasteiger partial charge in [0.2, 0.25) is 10.0 Å². The molecule has 0 saturated carbocycles. The van der Waals surface area contributed by atoms with Crippen molar-refractivity contribution < 1.29 is 22.9 Å². The lowest BCUT2D eigenvalue weighted by molar-refractivity contribution is -0.384. The van der Waals surface area contributed by atoms with Crippen LogP contribution in [0.1, 0.15) is 29.8 Å². The average molecular weight is 477 g/mol. The minimum Gasteiger partial charge on any atom is -0.378 e. The second-order valence-electron chi connectivity index (χ2n) is 7.58. The van der Waals surface area contributed by atoms with Crippen molar-refractivity contribution in [3.05, 3.63) is 57.6 Å². The summed E-state index contributed by atoms with van der Waals surface area (Å²) in [5.74, 6) is -0.545. The molecule has 0 spiro atoms. The third-order valence-electron chi connectivity index (χ3n) is 5.59. The Labute approximate surface area is 193 Å². The smallest absolute Gasteiger partial charge is 0.271 e. The monoisotopic (exact) mass is 476 g/mol. The molecule has 10 nitrogen and oxygen atoms in total. The molecular weight excluding hydrogens is 448 g/mol. The number of hydrogen-bond acceptors (Lipinski definition) is 7. The number of carbonyl (C=O) groups excluding carboxylic acids is 1. The fraction of sp³-hybridized carbons (Fsp3) is 0.409. The molecule has 0 atom stereocenters. The van der Waals surface area contributed by atoms with Gasteiger partial charge in [0.05, 0.1) is 34.3 Å². The van der Waals surface area contributed by atoms with Crippen molar-refractivity contribution in [1.29, 1.82) is 0 Å². The average Bonchev–Trinajstić information content (AvgIpc) is 2.81. The molecule has 0 aromatic heterocycles. The molecule has 33 heavy (non-hydrogen) atoms. The minimum absolute atomic E-state index is 0.0177. The van der Waals surface area contributed by atoms with Gasteiger partial charge in [-0.1, -0.05) is 19.9 Å². The predicted octanol–water partition coefficient (Wildman–Crippen LogP) is 3.02. The van der Waals surface area contributed by atoms with E-state index in [0.29, 0.717) is 56.3 Å². The third-order valence-corrected chi connectivity index (χ3v) is 7.63. The lowest BCUT2D eigenvalue weighted by Crippen LogP contribution is -2.37. The normalized spacial score (nSPS) is 14.4. The number of sulfonamides is 1. The summed E-state index contributed by atoms with van der Waals surface area (Å²) >= 11 is 0. The molecule has 0 aliphatic carbocycles. The molecule has 0 bridgehead atoms. The molecule has 1 fully saturated rings. The second kappa shape index (κ2) is 10.3. The molecular formula is C22H28N4O6S. The van der Waals surface area contributed by atoms with Crippen LogP contribution in [0.2, 0.25) is 0 Å². The van der Waals surface area contributed by atoms with Crippen LogP contribution >= 0.6 is 0 Å². The quantitative estimate of drug-likeness (QED) is 0.459. The summed E-state index contributed by atoms with van der Waals surface area (Å²) in [7, 11) is -3.78. The Morgan fingerprint density at radius 1 is 1.15 bits per heavy atom.